The van der Waals surface area contributed by atoms with Crippen molar-refractivity contribution in [2.45, 2.75) is 95.8 Å². The number of hydrogen-bond acceptors (Lipinski definition) is 10. The number of benzene rings is 1. The number of nitrogens with zero attached hydrogens (tertiary/aromatic N) is 9. The Bertz CT molecular complexity index is 2510. The van der Waals surface area contributed by atoms with Crippen LogP contribution in [0.4, 0.5) is 11.5 Å². The van der Waals surface area contributed by atoms with Crippen molar-refractivity contribution in [1.29, 1.82) is 0 Å². The second-order valence-corrected chi connectivity index (χ2v) is 17.7. The van der Waals surface area contributed by atoms with Crippen LogP contribution in [0.2, 0.25) is 0 Å². The first-order valence-electron chi connectivity index (χ1n) is 21.6. The number of allylic oxidation sites excluding steroid dienone is 1. The summed E-state index contributed by atoms with van der Waals surface area (Å²) in [6.07, 6.45) is 14.8. The maximum Gasteiger partial charge on any atom is 0.329 e. The largest absolute Gasteiger partial charge is 0.370 e. The maximum atomic E-state index is 13.6. The third-order valence-corrected chi connectivity index (χ3v) is 13.3. The number of piperidine rings is 2. The molecular weight excluding hydrogens is 761 g/mol. The SMILES string of the molecule is C=C(C)c1nn(C2CCC(CN(C)C3CCN(Cc4cccc5c4n(C)c(=O)n5C4CCC(=O)NC4=O)CC3)CC2)cc1NC(=O)c1cnn2ccc(NCC3CC3)nc12. The molecule has 2 aliphatic heterocycles. The molecule has 2 saturated heterocycles. The van der Waals surface area contributed by atoms with Gasteiger partial charge < -0.3 is 15.5 Å². The molecule has 3 amide bonds. The van der Waals surface area contributed by atoms with Gasteiger partial charge in [0.2, 0.25) is 11.8 Å². The maximum absolute atomic E-state index is 13.6. The van der Waals surface area contributed by atoms with Crippen LogP contribution in [0.1, 0.15) is 105 Å². The highest BCUT2D eigenvalue weighted by Crippen LogP contribution is 2.35. The lowest BCUT2D eigenvalue weighted by atomic mass is 9.85. The third kappa shape index (κ3) is 8.01. The summed E-state index contributed by atoms with van der Waals surface area (Å²) in [5, 5.41) is 18.2. The number of fused-ring (bicyclic) bond motifs is 2. The molecule has 60 heavy (non-hydrogen) atoms. The van der Waals surface area contributed by atoms with Crippen molar-refractivity contribution in [2.75, 3.05) is 43.9 Å². The normalized spacial score (nSPS) is 21.8. The Kier molecular flexibility index (Phi) is 10.9. The van der Waals surface area contributed by atoms with E-state index in [-0.39, 0.29) is 30.0 Å². The smallest absolute Gasteiger partial charge is 0.329 e. The summed E-state index contributed by atoms with van der Waals surface area (Å²) < 4.78 is 6.87. The molecule has 0 bridgehead atoms. The van der Waals surface area contributed by atoms with Crippen molar-refractivity contribution in [3.8, 4) is 0 Å². The van der Waals surface area contributed by atoms with Crippen LogP contribution in [0, 0.1) is 11.8 Å². The van der Waals surface area contributed by atoms with Crippen LogP contribution < -0.4 is 21.6 Å². The minimum Gasteiger partial charge on any atom is -0.370 e. The van der Waals surface area contributed by atoms with E-state index in [1.807, 2.05) is 42.2 Å². The molecule has 4 fully saturated rings. The lowest BCUT2D eigenvalue weighted by molar-refractivity contribution is -0.135. The molecule has 2 saturated carbocycles. The van der Waals surface area contributed by atoms with Gasteiger partial charge in [-0.15, -0.1) is 0 Å². The minimum atomic E-state index is -0.691. The van der Waals surface area contributed by atoms with E-state index in [4.69, 9.17) is 10.1 Å². The number of carbonyl (C=O) groups is 3. The topological polar surface area (TPSA) is 169 Å². The van der Waals surface area contributed by atoms with Crippen LogP contribution >= 0.6 is 0 Å². The monoisotopic (exact) mass is 816 g/mol. The van der Waals surface area contributed by atoms with Gasteiger partial charge in [-0.25, -0.2) is 14.3 Å². The Labute approximate surface area is 349 Å². The van der Waals surface area contributed by atoms with Gasteiger partial charge in [0.15, 0.2) is 5.65 Å². The number of anilines is 2. The molecule has 5 aromatic rings. The van der Waals surface area contributed by atoms with E-state index >= 15 is 0 Å². The quantitative estimate of drug-likeness (QED) is 0.138. The molecule has 16 heteroatoms. The van der Waals surface area contributed by atoms with Crippen LogP contribution in [0.15, 0.2) is 54.2 Å². The first kappa shape index (κ1) is 39.8. The molecular formula is C44H56N12O4. The van der Waals surface area contributed by atoms with Gasteiger partial charge in [0.25, 0.3) is 5.91 Å². The summed E-state index contributed by atoms with van der Waals surface area (Å²) >= 11 is 0. The van der Waals surface area contributed by atoms with E-state index in [2.05, 4.69) is 50.5 Å². The Morgan fingerprint density at radius 2 is 1.77 bits per heavy atom. The number of nitrogens with one attached hydrogen (secondary N) is 3. The van der Waals surface area contributed by atoms with Crippen molar-refractivity contribution >= 4 is 51.5 Å². The van der Waals surface area contributed by atoms with E-state index < -0.39 is 11.9 Å². The molecule has 4 aliphatic rings. The minimum absolute atomic E-state index is 0.221. The van der Waals surface area contributed by atoms with Gasteiger partial charge in [0.05, 0.1) is 29.0 Å². The zero-order chi connectivity index (χ0) is 41.7. The highest BCUT2D eigenvalue weighted by atomic mass is 16.2. The number of aryl methyl sites for hydroxylation is 1. The summed E-state index contributed by atoms with van der Waals surface area (Å²) in [6.45, 7) is 10.7. The van der Waals surface area contributed by atoms with Gasteiger partial charge in [0.1, 0.15) is 23.1 Å². The lowest BCUT2D eigenvalue weighted by Gasteiger charge is -2.39. The molecule has 0 radical (unpaired) electrons. The van der Waals surface area contributed by atoms with E-state index in [1.165, 1.54) is 12.8 Å². The fourth-order valence-electron chi connectivity index (χ4n) is 9.66. The average molecular weight is 817 g/mol. The van der Waals surface area contributed by atoms with Crippen LogP contribution in [0.3, 0.4) is 0 Å². The number of likely N-dealkylation sites (tertiary alicyclic amines) is 1. The van der Waals surface area contributed by atoms with E-state index in [0.717, 1.165) is 99.2 Å². The molecule has 4 aromatic heterocycles. The van der Waals surface area contributed by atoms with Gasteiger partial charge in [-0.2, -0.15) is 10.2 Å². The van der Waals surface area contributed by atoms with E-state index in [0.29, 0.717) is 46.9 Å². The number of aromatic nitrogens is 7. The second-order valence-electron chi connectivity index (χ2n) is 17.7. The standard InChI is InChI=1S/C44H56N12O4/c1-27(2)39-34(47-42(58)33-23-46-54-21-18-37(48-41(33)54)45-22-28-8-9-28)26-55(50-39)32-12-10-29(11-13-32)24-51(3)31-16-19-53(20-17-31)25-30-6-5-7-35-40(30)52(4)44(60)56(35)36-14-15-38(57)49-43(36)59/h5-7,18,21,23,26,28-29,31-32,36H,1,8-17,19-20,22,24-25H2,2-4H3,(H,45,48)(H,47,58)(H,49,57,59). The van der Waals surface area contributed by atoms with Crippen LogP contribution in [-0.4, -0.2) is 100 Å². The fourth-order valence-corrected chi connectivity index (χ4v) is 9.66. The molecule has 1 aromatic carbocycles. The summed E-state index contributed by atoms with van der Waals surface area (Å²) in [5.41, 5.74) is 5.46. The van der Waals surface area contributed by atoms with Crippen LogP contribution in [0.5, 0.6) is 0 Å². The first-order chi connectivity index (χ1) is 29.0. The highest BCUT2D eigenvalue weighted by molar-refractivity contribution is 6.09. The number of para-hydroxylation sites is 1. The van der Waals surface area contributed by atoms with Crippen LogP contribution in [0.25, 0.3) is 22.3 Å². The highest BCUT2D eigenvalue weighted by Gasteiger charge is 2.33. The van der Waals surface area contributed by atoms with Gasteiger partial charge in [-0.1, -0.05) is 18.7 Å². The molecule has 0 spiro atoms. The number of carbonyl (C=O) groups excluding carboxylic acids is 3. The number of amides is 3. The predicted octanol–water partition coefficient (Wildman–Crippen LogP) is 4.99. The Morgan fingerprint density at radius 3 is 2.50 bits per heavy atom. The molecule has 16 nitrogen and oxygen atoms in total. The van der Waals surface area contributed by atoms with E-state index in [1.54, 1.807) is 26.9 Å². The number of rotatable bonds is 13. The Morgan fingerprint density at radius 1 is 1.00 bits per heavy atom. The number of hydrogen-bond donors (Lipinski definition) is 3. The summed E-state index contributed by atoms with van der Waals surface area (Å²) in [5.74, 6) is 1.07. The molecule has 316 valence electrons. The fraction of sp³-hybridized carbons (Fsp3) is 0.523. The third-order valence-electron chi connectivity index (χ3n) is 13.3. The van der Waals surface area contributed by atoms with Crippen molar-refractivity contribution < 1.29 is 14.4 Å². The Hall–Kier alpha value is -5.61. The van der Waals surface area contributed by atoms with Crippen molar-refractivity contribution in [2.24, 2.45) is 18.9 Å². The molecule has 1 atom stereocenters. The molecule has 2 aliphatic carbocycles. The van der Waals surface area contributed by atoms with Crippen LogP contribution in [-0.2, 0) is 23.2 Å². The average Bonchev–Trinajstić information content (AvgIpc) is 3.73. The van der Waals surface area contributed by atoms with Gasteiger partial charge in [-0.3, -0.25) is 38.4 Å². The zero-order valence-electron chi connectivity index (χ0n) is 34.9. The molecule has 3 N–H and O–H groups in total. The summed E-state index contributed by atoms with van der Waals surface area (Å²) in [7, 11) is 4.04. The molecule has 1 unspecified atom stereocenters. The number of imidazole rings is 1. The molecule has 6 heterocycles. The van der Waals surface area contributed by atoms with Crippen molar-refractivity contribution in [3.63, 3.8) is 0 Å². The first-order valence-corrected chi connectivity index (χ1v) is 21.6. The predicted molar refractivity (Wildman–Crippen MR) is 230 cm³/mol. The van der Waals surface area contributed by atoms with Gasteiger partial charge in [0, 0.05) is 51.5 Å². The summed E-state index contributed by atoms with van der Waals surface area (Å²) in [4.78, 5) is 61.3. The zero-order valence-corrected chi connectivity index (χ0v) is 34.9. The van der Waals surface area contributed by atoms with Gasteiger partial charge in [-0.05, 0) is 120 Å². The van der Waals surface area contributed by atoms with Crippen molar-refractivity contribution in [1.82, 2.24) is 48.6 Å². The summed E-state index contributed by atoms with van der Waals surface area (Å²) in [6, 6.07) is 7.90. The van der Waals surface area contributed by atoms with Gasteiger partial charge >= 0.3 is 5.69 Å². The molecule has 9 rings (SSSR count). The lowest BCUT2D eigenvalue weighted by Crippen LogP contribution is -2.44. The van der Waals surface area contributed by atoms with E-state index in [9.17, 15) is 19.2 Å². The second kappa shape index (κ2) is 16.4. The Balaban J connectivity index is 0.775. The van der Waals surface area contributed by atoms with Crippen molar-refractivity contribution in [3.05, 3.63) is 76.7 Å². The number of imide groups is 1.